The van der Waals surface area contributed by atoms with Gasteiger partial charge in [-0.15, -0.1) is 0 Å². The first-order valence-electron chi connectivity index (χ1n) is 8.60. The van der Waals surface area contributed by atoms with Gasteiger partial charge in [-0.05, 0) is 36.1 Å². The SMILES string of the molecule is CC(=O)N1CCN(S(=O)(=O)c2cc3c4c(c2)CCN4C(=O)CC3)CC1. The van der Waals surface area contributed by atoms with Crippen LogP contribution in [0.25, 0.3) is 0 Å². The standard InChI is InChI=1S/C17H21N3O4S/c1-12(21)18-6-8-19(9-7-18)25(23,24)15-10-13-2-3-16(22)20-5-4-14(11-15)17(13)20/h10-11H,2-9H2,1H3. The van der Waals surface area contributed by atoms with Gasteiger partial charge in [0.05, 0.1) is 10.6 Å². The minimum absolute atomic E-state index is 0.0243. The summed E-state index contributed by atoms with van der Waals surface area (Å²) in [5.74, 6) is 0.103. The molecule has 25 heavy (non-hydrogen) atoms. The Hall–Kier alpha value is -1.93. The molecule has 1 saturated heterocycles. The highest BCUT2D eigenvalue weighted by atomic mass is 32.2. The van der Waals surface area contributed by atoms with Crippen molar-refractivity contribution in [3.05, 3.63) is 23.3 Å². The first-order valence-corrected chi connectivity index (χ1v) is 10.0. The quantitative estimate of drug-likeness (QED) is 0.761. The number of sulfonamides is 1. The normalized spacial score (nSPS) is 20.8. The van der Waals surface area contributed by atoms with Crippen LogP contribution < -0.4 is 4.90 Å². The van der Waals surface area contributed by atoms with E-state index >= 15 is 0 Å². The number of aryl methyl sites for hydroxylation is 1. The molecule has 0 aliphatic carbocycles. The van der Waals surface area contributed by atoms with Gasteiger partial charge in [0.15, 0.2) is 0 Å². The smallest absolute Gasteiger partial charge is 0.243 e. The number of amides is 2. The number of rotatable bonds is 2. The second-order valence-electron chi connectivity index (χ2n) is 6.80. The zero-order chi connectivity index (χ0) is 17.8. The first kappa shape index (κ1) is 16.5. The van der Waals surface area contributed by atoms with Crippen LogP contribution in [0.2, 0.25) is 0 Å². The summed E-state index contributed by atoms with van der Waals surface area (Å²) < 4.78 is 27.5. The van der Waals surface area contributed by atoms with Crippen LogP contribution in [0.5, 0.6) is 0 Å². The molecule has 0 spiro atoms. The van der Waals surface area contributed by atoms with Gasteiger partial charge in [-0.25, -0.2) is 8.42 Å². The van der Waals surface area contributed by atoms with Crippen molar-refractivity contribution in [1.29, 1.82) is 0 Å². The van der Waals surface area contributed by atoms with E-state index in [-0.39, 0.29) is 11.8 Å². The Morgan fingerprint density at radius 3 is 2.24 bits per heavy atom. The van der Waals surface area contributed by atoms with E-state index in [4.69, 9.17) is 0 Å². The molecule has 0 saturated carbocycles. The fourth-order valence-electron chi connectivity index (χ4n) is 3.97. The molecule has 4 rings (SSSR count). The predicted molar refractivity (Wildman–Crippen MR) is 91.8 cm³/mol. The maximum Gasteiger partial charge on any atom is 0.243 e. The lowest BCUT2D eigenvalue weighted by Crippen LogP contribution is -2.49. The fraction of sp³-hybridized carbons (Fsp3) is 0.529. The summed E-state index contributed by atoms with van der Waals surface area (Å²) in [5.41, 5.74) is 2.83. The van der Waals surface area contributed by atoms with Gasteiger partial charge in [-0.1, -0.05) is 0 Å². The minimum atomic E-state index is -3.58. The Morgan fingerprint density at radius 1 is 0.960 bits per heavy atom. The van der Waals surface area contributed by atoms with Crippen LogP contribution in [0.3, 0.4) is 0 Å². The Balaban J connectivity index is 1.64. The average molecular weight is 363 g/mol. The molecule has 2 amide bonds. The number of carbonyl (C=O) groups excluding carboxylic acids is 2. The Bertz CT molecular complexity index is 857. The van der Waals surface area contributed by atoms with E-state index in [1.807, 2.05) is 0 Å². The van der Waals surface area contributed by atoms with Crippen LogP contribution in [0.4, 0.5) is 5.69 Å². The number of hydrogen-bond donors (Lipinski definition) is 0. The molecular formula is C17H21N3O4S. The van der Waals surface area contributed by atoms with E-state index in [2.05, 4.69) is 0 Å². The highest BCUT2D eigenvalue weighted by Crippen LogP contribution is 2.38. The van der Waals surface area contributed by atoms with Gasteiger partial charge >= 0.3 is 0 Å². The lowest BCUT2D eigenvalue weighted by molar-refractivity contribution is -0.130. The molecule has 3 heterocycles. The summed E-state index contributed by atoms with van der Waals surface area (Å²) in [7, 11) is -3.58. The summed E-state index contributed by atoms with van der Waals surface area (Å²) in [5, 5.41) is 0. The van der Waals surface area contributed by atoms with Crippen molar-refractivity contribution in [2.45, 2.75) is 31.1 Å². The molecule has 0 unspecified atom stereocenters. The topological polar surface area (TPSA) is 78.0 Å². The molecule has 8 heteroatoms. The molecule has 0 N–H and O–H groups in total. The molecule has 1 aromatic rings. The van der Waals surface area contributed by atoms with Crippen molar-refractivity contribution >= 4 is 27.5 Å². The second kappa shape index (κ2) is 5.81. The van der Waals surface area contributed by atoms with E-state index in [9.17, 15) is 18.0 Å². The number of anilines is 1. The number of carbonyl (C=O) groups is 2. The summed E-state index contributed by atoms with van der Waals surface area (Å²) in [6.45, 7) is 3.63. The average Bonchev–Trinajstić information content (AvgIpc) is 3.03. The second-order valence-corrected chi connectivity index (χ2v) is 8.73. The third kappa shape index (κ3) is 2.64. The van der Waals surface area contributed by atoms with E-state index in [0.29, 0.717) is 56.9 Å². The summed E-state index contributed by atoms with van der Waals surface area (Å²) >= 11 is 0. The van der Waals surface area contributed by atoms with Gasteiger partial charge < -0.3 is 9.80 Å². The monoisotopic (exact) mass is 363 g/mol. The molecule has 1 aromatic carbocycles. The number of hydrogen-bond acceptors (Lipinski definition) is 4. The molecular weight excluding hydrogens is 342 g/mol. The van der Waals surface area contributed by atoms with Gasteiger partial charge in [0, 0.05) is 46.1 Å². The number of nitrogens with zero attached hydrogens (tertiary/aromatic N) is 3. The van der Waals surface area contributed by atoms with Crippen molar-refractivity contribution in [1.82, 2.24) is 9.21 Å². The number of benzene rings is 1. The molecule has 0 atom stereocenters. The van der Waals surface area contributed by atoms with Gasteiger partial charge in [0.2, 0.25) is 21.8 Å². The molecule has 0 aromatic heterocycles. The van der Waals surface area contributed by atoms with Crippen molar-refractivity contribution in [3.63, 3.8) is 0 Å². The van der Waals surface area contributed by atoms with Crippen LogP contribution in [-0.4, -0.2) is 62.2 Å². The van der Waals surface area contributed by atoms with Crippen molar-refractivity contribution in [2.75, 3.05) is 37.6 Å². The van der Waals surface area contributed by atoms with Crippen molar-refractivity contribution in [2.24, 2.45) is 0 Å². The Labute approximate surface area is 147 Å². The van der Waals surface area contributed by atoms with E-state index < -0.39 is 10.0 Å². The molecule has 1 fully saturated rings. The van der Waals surface area contributed by atoms with E-state index in [1.54, 1.807) is 21.9 Å². The highest BCUT2D eigenvalue weighted by Gasteiger charge is 2.35. The zero-order valence-electron chi connectivity index (χ0n) is 14.2. The van der Waals surface area contributed by atoms with Gasteiger partial charge in [0.1, 0.15) is 0 Å². The lowest BCUT2D eigenvalue weighted by atomic mass is 10.00. The van der Waals surface area contributed by atoms with Crippen molar-refractivity contribution in [3.8, 4) is 0 Å². The van der Waals surface area contributed by atoms with Crippen LogP contribution in [0, 0.1) is 0 Å². The Morgan fingerprint density at radius 2 is 1.60 bits per heavy atom. The Kier molecular flexibility index (Phi) is 3.84. The molecule has 134 valence electrons. The van der Waals surface area contributed by atoms with Gasteiger partial charge in [-0.2, -0.15) is 4.31 Å². The van der Waals surface area contributed by atoms with Crippen LogP contribution in [0.15, 0.2) is 17.0 Å². The molecule has 0 bridgehead atoms. The van der Waals surface area contributed by atoms with Crippen LogP contribution >= 0.6 is 0 Å². The summed E-state index contributed by atoms with van der Waals surface area (Å²) in [6.07, 6.45) is 1.74. The van der Waals surface area contributed by atoms with Gasteiger partial charge in [0.25, 0.3) is 0 Å². The molecule has 3 aliphatic heterocycles. The minimum Gasteiger partial charge on any atom is -0.340 e. The molecule has 0 radical (unpaired) electrons. The predicted octanol–water partition coefficient (Wildman–Crippen LogP) is 0.375. The third-order valence-corrected chi connectivity index (χ3v) is 7.22. The summed E-state index contributed by atoms with van der Waals surface area (Å²) in [4.78, 5) is 27.2. The lowest BCUT2D eigenvalue weighted by Gasteiger charge is -2.33. The van der Waals surface area contributed by atoms with Crippen LogP contribution in [0.1, 0.15) is 24.5 Å². The highest BCUT2D eigenvalue weighted by molar-refractivity contribution is 7.89. The largest absolute Gasteiger partial charge is 0.340 e. The maximum absolute atomic E-state index is 13.0. The van der Waals surface area contributed by atoms with Crippen molar-refractivity contribution < 1.29 is 18.0 Å². The first-order chi connectivity index (χ1) is 11.9. The van der Waals surface area contributed by atoms with E-state index in [1.165, 1.54) is 11.2 Å². The third-order valence-electron chi connectivity index (χ3n) is 5.35. The van der Waals surface area contributed by atoms with E-state index in [0.717, 1.165) is 16.8 Å². The zero-order valence-corrected chi connectivity index (χ0v) is 15.0. The molecule has 3 aliphatic rings. The van der Waals surface area contributed by atoms with Gasteiger partial charge in [-0.3, -0.25) is 9.59 Å². The van der Waals surface area contributed by atoms with Crippen LogP contribution in [-0.2, 0) is 32.5 Å². The number of piperazine rings is 1. The molecule has 7 nitrogen and oxygen atoms in total. The summed E-state index contributed by atoms with van der Waals surface area (Å²) in [6, 6.07) is 3.46. The maximum atomic E-state index is 13.0. The fourth-order valence-corrected chi connectivity index (χ4v) is 5.49.